The Labute approximate surface area is 162 Å². The summed E-state index contributed by atoms with van der Waals surface area (Å²) in [5, 5.41) is 17.6. The Morgan fingerprint density at radius 3 is 2.50 bits per heavy atom. The predicted molar refractivity (Wildman–Crippen MR) is 107 cm³/mol. The molecule has 0 amide bonds. The van der Waals surface area contributed by atoms with Crippen LogP contribution in [0.5, 0.6) is 5.75 Å². The van der Waals surface area contributed by atoms with Crippen LogP contribution in [-0.2, 0) is 0 Å². The summed E-state index contributed by atoms with van der Waals surface area (Å²) in [6, 6.07) is 10.1. The lowest BCUT2D eigenvalue weighted by Crippen LogP contribution is -2.13. The van der Waals surface area contributed by atoms with Gasteiger partial charge in [-0.3, -0.25) is 15.1 Å². The molecule has 0 spiro atoms. The molecular weight excluding hydrogens is 360 g/mol. The lowest BCUT2D eigenvalue weighted by molar-refractivity contribution is -0.384. The third kappa shape index (κ3) is 4.50. The molecule has 3 rings (SSSR count). The van der Waals surface area contributed by atoms with E-state index in [1.54, 1.807) is 30.6 Å². The number of nitro benzene ring substituents is 1. The van der Waals surface area contributed by atoms with Gasteiger partial charge in [0.05, 0.1) is 23.8 Å². The highest BCUT2D eigenvalue weighted by Crippen LogP contribution is 2.32. The van der Waals surface area contributed by atoms with E-state index in [0.717, 1.165) is 5.56 Å². The normalized spacial score (nSPS) is 10.6. The maximum atomic E-state index is 11.4. The molecule has 0 aliphatic heterocycles. The second kappa shape index (κ2) is 8.30. The molecule has 0 fully saturated rings. The van der Waals surface area contributed by atoms with Gasteiger partial charge in [-0.1, -0.05) is 0 Å². The molecule has 1 aromatic carbocycles. The number of pyridine rings is 1. The molecule has 2 heterocycles. The summed E-state index contributed by atoms with van der Waals surface area (Å²) >= 11 is 0. The Morgan fingerprint density at radius 1 is 1.11 bits per heavy atom. The van der Waals surface area contributed by atoms with Gasteiger partial charge in [0.15, 0.2) is 0 Å². The quantitative estimate of drug-likeness (QED) is 0.466. The molecular formula is C19H20N6O3. The number of nitrogens with one attached hydrogen (secondary N) is 2. The smallest absolute Gasteiger partial charge is 0.296 e. The Bertz CT molecular complexity index is 979. The number of hydrogen-bond acceptors (Lipinski definition) is 8. The molecule has 0 saturated carbocycles. The summed E-state index contributed by atoms with van der Waals surface area (Å²) < 4.78 is 5.08. The van der Waals surface area contributed by atoms with E-state index in [4.69, 9.17) is 4.74 Å². The van der Waals surface area contributed by atoms with E-state index in [1.807, 2.05) is 26.0 Å². The number of nitrogens with zero attached hydrogens (tertiary/aromatic N) is 4. The Morgan fingerprint density at radius 2 is 1.86 bits per heavy atom. The van der Waals surface area contributed by atoms with Gasteiger partial charge >= 0.3 is 0 Å². The van der Waals surface area contributed by atoms with Crippen LogP contribution in [0.15, 0.2) is 48.8 Å². The molecule has 0 radical (unpaired) electrons. The third-order valence-electron chi connectivity index (χ3n) is 3.78. The zero-order chi connectivity index (χ0) is 20.1. The van der Waals surface area contributed by atoms with Crippen molar-refractivity contribution in [3.8, 4) is 17.0 Å². The van der Waals surface area contributed by atoms with E-state index in [1.165, 1.54) is 13.2 Å². The van der Waals surface area contributed by atoms with Crippen molar-refractivity contribution in [2.45, 2.75) is 19.9 Å². The fourth-order valence-corrected chi connectivity index (χ4v) is 2.54. The van der Waals surface area contributed by atoms with Crippen LogP contribution >= 0.6 is 0 Å². The first-order chi connectivity index (χ1) is 13.5. The van der Waals surface area contributed by atoms with Gasteiger partial charge < -0.3 is 15.4 Å². The summed E-state index contributed by atoms with van der Waals surface area (Å²) in [6.07, 6.45) is 3.35. The molecule has 0 saturated heterocycles. The molecule has 0 unspecified atom stereocenters. The molecule has 9 heteroatoms. The van der Waals surface area contributed by atoms with Crippen LogP contribution in [0.4, 0.5) is 23.1 Å². The number of aromatic nitrogens is 3. The molecule has 28 heavy (non-hydrogen) atoms. The Hall–Kier alpha value is -3.75. The monoisotopic (exact) mass is 380 g/mol. The SMILES string of the molecule is COc1ccc(Nc2cc(-c3ccncc3)nc(NC(C)C)n2)c([N+](=O)[O-])c1. The standard InChI is InChI=1S/C19H20N6O3/c1-12(2)21-19-23-16(13-6-8-20-9-7-13)11-18(24-19)22-15-5-4-14(28-3)10-17(15)25(26)27/h4-12H,1-3H3,(H2,21,22,23,24). The molecule has 0 aliphatic rings. The van der Waals surface area contributed by atoms with Crippen molar-refractivity contribution in [3.63, 3.8) is 0 Å². The van der Waals surface area contributed by atoms with Crippen LogP contribution in [0, 0.1) is 10.1 Å². The van der Waals surface area contributed by atoms with Crippen molar-refractivity contribution in [2.75, 3.05) is 17.7 Å². The van der Waals surface area contributed by atoms with Crippen LogP contribution in [0.25, 0.3) is 11.3 Å². The number of methoxy groups -OCH3 is 1. The molecule has 2 aromatic heterocycles. The number of hydrogen-bond donors (Lipinski definition) is 2. The molecule has 144 valence electrons. The zero-order valence-electron chi connectivity index (χ0n) is 15.7. The maximum Gasteiger partial charge on any atom is 0.296 e. The van der Waals surface area contributed by atoms with Crippen molar-refractivity contribution < 1.29 is 9.66 Å². The van der Waals surface area contributed by atoms with Gasteiger partial charge in [0, 0.05) is 30.1 Å². The van der Waals surface area contributed by atoms with Gasteiger partial charge in [-0.05, 0) is 38.1 Å². The highest BCUT2D eigenvalue weighted by Gasteiger charge is 2.17. The lowest BCUT2D eigenvalue weighted by Gasteiger charge is -2.13. The van der Waals surface area contributed by atoms with E-state index in [9.17, 15) is 10.1 Å². The second-order valence-corrected chi connectivity index (χ2v) is 6.26. The van der Waals surface area contributed by atoms with Gasteiger partial charge in [0.1, 0.15) is 17.3 Å². The van der Waals surface area contributed by atoms with Gasteiger partial charge in [-0.15, -0.1) is 0 Å². The van der Waals surface area contributed by atoms with E-state index in [0.29, 0.717) is 28.9 Å². The first kappa shape index (κ1) is 19.0. The van der Waals surface area contributed by atoms with E-state index >= 15 is 0 Å². The van der Waals surface area contributed by atoms with Crippen molar-refractivity contribution in [1.82, 2.24) is 15.0 Å². The summed E-state index contributed by atoms with van der Waals surface area (Å²) in [5.41, 5.74) is 1.72. The minimum atomic E-state index is -0.469. The minimum Gasteiger partial charge on any atom is -0.496 e. The van der Waals surface area contributed by atoms with E-state index in [2.05, 4.69) is 25.6 Å². The molecule has 0 aliphatic carbocycles. The van der Waals surface area contributed by atoms with Crippen LogP contribution < -0.4 is 15.4 Å². The lowest BCUT2D eigenvalue weighted by atomic mass is 10.2. The van der Waals surface area contributed by atoms with Crippen molar-refractivity contribution in [1.29, 1.82) is 0 Å². The van der Waals surface area contributed by atoms with Crippen LogP contribution in [0.3, 0.4) is 0 Å². The zero-order valence-corrected chi connectivity index (χ0v) is 15.7. The van der Waals surface area contributed by atoms with E-state index < -0.39 is 4.92 Å². The third-order valence-corrected chi connectivity index (χ3v) is 3.78. The van der Waals surface area contributed by atoms with Crippen LogP contribution in [0.2, 0.25) is 0 Å². The Kier molecular flexibility index (Phi) is 5.64. The van der Waals surface area contributed by atoms with Crippen molar-refractivity contribution >= 4 is 23.1 Å². The summed E-state index contributed by atoms with van der Waals surface area (Å²) in [7, 11) is 1.46. The van der Waals surface area contributed by atoms with Gasteiger partial charge in [-0.25, -0.2) is 4.98 Å². The van der Waals surface area contributed by atoms with Crippen molar-refractivity contribution in [3.05, 3.63) is 58.9 Å². The Balaban J connectivity index is 2.03. The van der Waals surface area contributed by atoms with Gasteiger partial charge in [-0.2, -0.15) is 4.98 Å². The fraction of sp³-hybridized carbons (Fsp3) is 0.211. The van der Waals surface area contributed by atoms with E-state index in [-0.39, 0.29) is 11.7 Å². The summed E-state index contributed by atoms with van der Waals surface area (Å²) in [6.45, 7) is 3.95. The van der Waals surface area contributed by atoms with Crippen molar-refractivity contribution in [2.24, 2.45) is 0 Å². The fourth-order valence-electron chi connectivity index (χ4n) is 2.54. The summed E-state index contributed by atoms with van der Waals surface area (Å²) in [5.74, 6) is 1.25. The molecule has 2 N–H and O–H groups in total. The number of nitro groups is 1. The first-order valence-electron chi connectivity index (χ1n) is 8.61. The first-order valence-corrected chi connectivity index (χ1v) is 8.61. The topological polar surface area (TPSA) is 115 Å². The molecule has 0 atom stereocenters. The molecule has 3 aromatic rings. The highest BCUT2D eigenvalue weighted by molar-refractivity contribution is 5.72. The average molecular weight is 380 g/mol. The number of rotatable bonds is 7. The number of anilines is 3. The number of ether oxygens (including phenoxy) is 1. The van der Waals surface area contributed by atoms with Crippen LogP contribution in [-0.4, -0.2) is 33.0 Å². The van der Waals surface area contributed by atoms with Gasteiger partial charge in [0.2, 0.25) is 5.95 Å². The average Bonchev–Trinajstić information content (AvgIpc) is 2.68. The minimum absolute atomic E-state index is 0.109. The maximum absolute atomic E-state index is 11.4. The highest BCUT2D eigenvalue weighted by atomic mass is 16.6. The largest absolute Gasteiger partial charge is 0.496 e. The second-order valence-electron chi connectivity index (χ2n) is 6.26. The molecule has 0 bridgehead atoms. The molecule has 9 nitrogen and oxygen atoms in total. The summed E-state index contributed by atoms with van der Waals surface area (Å²) in [4.78, 5) is 23.9. The van der Waals surface area contributed by atoms with Gasteiger partial charge in [0.25, 0.3) is 5.69 Å². The predicted octanol–water partition coefficient (Wildman–Crippen LogP) is 4.02. The van der Waals surface area contributed by atoms with Crippen LogP contribution in [0.1, 0.15) is 13.8 Å². The number of benzene rings is 1.